The fourth-order valence-corrected chi connectivity index (χ4v) is 1.53. The monoisotopic (exact) mass is 272 g/mol. The van der Waals surface area contributed by atoms with Gasteiger partial charge in [0.25, 0.3) is 6.04 Å². The smallest absolute Gasteiger partial charge is 0.375 e. The van der Waals surface area contributed by atoms with Gasteiger partial charge in [0.05, 0.1) is 6.61 Å². The van der Waals surface area contributed by atoms with Crippen molar-refractivity contribution in [3.8, 4) is 0 Å². The van der Waals surface area contributed by atoms with E-state index < -0.39 is 11.9 Å². The molecule has 1 rings (SSSR count). The van der Waals surface area contributed by atoms with Gasteiger partial charge in [0.15, 0.2) is 12.4 Å². The van der Waals surface area contributed by atoms with Crippen LogP contribution in [-0.4, -0.2) is 18.5 Å². The maximum absolute atomic E-state index is 11.8. The Morgan fingerprint density at radius 2 is 1.89 bits per heavy atom. The van der Waals surface area contributed by atoms with E-state index in [1.54, 1.807) is 23.9 Å². The van der Waals surface area contributed by atoms with E-state index >= 15 is 0 Å². The number of pyridine rings is 1. The summed E-state index contributed by atoms with van der Waals surface area (Å²) >= 11 is 0. The largest absolute Gasteiger partial charge is 1.00 e. The molecule has 100 valence electrons. The summed E-state index contributed by atoms with van der Waals surface area (Å²) in [6, 6.07) is 4.99. The van der Waals surface area contributed by atoms with Crippen molar-refractivity contribution in [1.29, 1.82) is 0 Å². The lowest BCUT2D eigenvalue weighted by Crippen LogP contribution is -3.00. The Morgan fingerprint density at radius 3 is 2.39 bits per heavy atom. The summed E-state index contributed by atoms with van der Waals surface area (Å²) in [5.41, 5.74) is 5.09. The quantitative estimate of drug-likeness (QED) is 0.454. The fraction of sp³-hybridized carbons (Fsp3) is 0.417. The summed E-state index contributed by atoms with van der Waals surface area (Å²) in [6.07, 6.45) is 4.04. The van der Waals surface area contributed by atoms with E-state index in [-0.39, 0.29) is 24.8 Å². The van der Waals surface area contributed by atoms with Crippen LogP contribution in [0.25, 0.3) is 0 Å². The highest BCUT2D eigenvalue weighted by atomic mass is 35.5. The minimum Gasteiger partial charge on any atom is -1.00 e. The van der Waals surface area contributed by atoms with Gasteiger partial charge in [-0.2, -0.15) is 4.57 Å². The van der Waals surface area contributed by atoms with Gasteiger partial charge in [-0.3, -0.25) is 4.79 Å². The lowest BCUT2D eigenvalue weighted by atomic mass is 10.1. The lowest BCUT2D eigenvalue weighted by molar-refractivity contribution is -0.711. The summed E-state index contributed by atoms with van der Waals surface area (Å²) in [5.74, 6) is -0.763. The summed E-state index contributed by atoms with van der Waals surface area (Å²) in [6.45, 7) is 2.07. The third kappa shape index (κ3) is 5.14. The zero-order chi connectivity index (χ0) is 12.7. The van der Waals surface area contributed by atoms with Crippen molar-refractivity contribution in [3.05, 3.63) is 30.6 Å². The van der Waals surface area contributed by atoms with Crippen molar-refractivity contribution in [1.82, 2.24) is 0 Å². The molecule has 0 aromatic carbocycles. The van der Waals surface area contributed by atoms with E-state index in [0.717, 1.165) is 0 Å². The molecule has 0 fully saturated rings. The number of hydrogen-bond acceptors (Lipinski definition) is 3. The average Bonchev–Trinajstić information content (AvgIpc) is 2.30. The number of halogens is 1. The number of nitrogens with two attached hydrogens (primary N) is 1. The third-order valence-electron chi connectivity index (χ3n) is 2.32. The number of primary amides is 1. The normalized spacial score (nSPS) is 11.2. The Balaban J connectivity index is 0.00000289. The molecule has 1 atom stereocenters. The van der Waals surface area contributed by atoms with Gasteiger partial charge in [-0.15, -0.1) is 0 Å². The van der Waals surface area contributed by atoms with Crippen LogP contribution in [0.15, 0.2) is 30.6 Å². The van der Waals surface area contributed by atoms with Crippen LogP contribution in [0.5, 0.6) is 0 Å². The summed E-state index contributed by atoms with van der Waals surface area (Å²) in [7, 11) is 0. The molecule has 0 bridgehead atoms. The van der Waals surface area contributed by atoms with Gasteiger partial charge in [0, 0.05) is 25.0 Å². The summed E-state index contributed by atoms with van der Waals surface area (Å²) in [5, 5.41) is 0. The Kier molecular flexibility index (Phi) is 7.71. The molecule has 1 aromatic heterocycles. The first-order valence-corrected chi connectivity index (χ1v) is 5.56. The minimum absolute atomic E-state index is 0. The predicted molar refractivity (Wildman–Crippen MR) is 60.7 cm³/mol. The Hall–Kier alpha value is -1.62. The molecular formula is C12H17ClN2O3. The van der Waals surface area contributed by atoms with E-state index in [2.05, 4.69) is 0 Å². The molecule has 1 heterocycles. The van der Waals surface area contributed by atoms with Crippen LogP contribution in [-0.2, 0) is 14.3 Å². The lowest BCUT2D eigenvalue weighted by Gasteiger charge is -2.10. The molecule has 5 nitrogen and oxygen atoms in total. The Labute approximate surface area is 112 Å². The molecule has 0 spiro atoms. The predicted octanol–water partition coefficient (Wildman–Crippen LogP) is -2.65. The maximum Gasteiger partial charge on any atom is 0.375 e. The highest BCUT2D eigenvalue weighted by molar-refractivity contribution is 5.76. The van der Waals surface area contributed by atoms with Gasteiger partial charge < -0.3 is 22.9 Å². The number of nitrogens with zero attached hydrogens (tertiary/aromatic N) is 1. The van der Waals surface area contributed by atoms with Crippen LogP contribution in [0.4, 0.5) is 0 Å². The van der Waals surface area contributed by atoms with Crippen LogP contribution >= 0.6 is 0 Å². The highest BCUT2D eigenvalue weighted by Gasteiger charge is 2.28. The first-order chi connectivity index (χ1) is 8.15. The molecule has 18 heavy (non-hydrogen) atoms. The van der Waals surface area contributed by atoms with Crippen LogP contribution in [0, 0.1) is 0 Å². The molecule has 0 aliphatic rings. The molecule has 0 radical (unpaired) electrons. The molecule has 2 N–H and O–H groups in total. The SMILES string of the molecule is CCOC(=O)C(CCC(N)=O)[n+]1ccccc1.[Cl-]. The third-order valence-corrected chi connectivity index (χ3v) is 2.32. The molecule has 0 saturated heterocycles. The zero-order valence-corrected chi connectivity index (χ0v) is 11.0. The summed E-state index contributed by atoms with van der Waals surface area (Å²) < 4.78 is 6.70. The maximum atomic E-state index is 11.8. The number of rotatable bonds is 6. The molecular weight excluding hydrogens is 256 g/mol. The van der Waals surface area contributed by atoms with Gasteiger partial charge >= 0.3 is 5.97 Å². The molecule has 1 amide bonds. The van der Waals surface area contributed by atoms with Gasteiger partial charge in [0.1, 0.15) is 0 Å². The van der Waals surface area contributed by atoms with Crippen LogP contribution in [0.2, 0.25) is 0 Å². The molecule has 1 unspecified atom stereocenters. The van der Waals surface area contributed by atoms with E-state index in [1.165, 1.54) is 0 Å². The van der Waals surface area contributed by atoms with E-state index in [0.29, 0.717) is 13.0 Å². The average molecular weight is 273 g/mol. The van der Waals surface area contributed by atoms with E-state index in [1.807, 2.05) is 18.2 Å². The second kappa shape index (κ2) is 8.47. The summed E-state index contributed by atoms with van der Waals surface area (Å²) in [4.78, 5) is 22.5. The number of aromatic nitrogens is 1. The van der Waals surface area contributed by atoms with Crippen molar-refractivity contribution < 1.29 is 31.3 Å². The molecule has 6 heteroatoms. The van der Waals surface area contributed by atoms with Crippen molar-refractivity contribution in [2.45, 2.75) is 25.8 Å². The number of carbonyl (C=O) groups is 2. The number of ether oxygens (including phenoxy) is 1. The van der Waals surface area contributed by atoms with Crippen LogP contribution in [0.1, 0.15) is 25.8 Å². The van der Waals surface area contributed by atoms with Crippen molar-refractivity contribution >= 4 is 11.9 Å². The number of amides is 1. The number of carbonyl (C=O) groups excluding carboxylic acids is 2. The molecule has 1 aromatic rings. The van der Waals surface area contributed by atoms with Crippen LogP contribution in [0.3, 0.4) is 0 Å². The van der Waals surface area contributed by atoms with Crippen molar-refractivity contribution in [2.24, 2.45) is 5.73 Å². The first-order valence-electron chi connectivity index (χ1n) is 5.56. The first kappa shape index (κ1) is 16.4. The fourth-order valence-electron chi connectivity index (χ4n) is 1.53. The zero-order valence-electron chi connectivity index (χ0n) is 10.2. The minimum atomic E-state index is -0.497. The molecule has 0 saturated carbocycles. The second-order valence-electron chi connectivity index (χ2n) is 3.60. The van der Waals surface area contributed by atoms with Crippen LogP contribution < -0.4 is 22.7 Å². The number of esters is 1. The molecule has 0 aliphatic carbocycles. The molecule has 0 aliphatic heterocycles. The Bertz CT molecular complexity index is 384. The number of hydrogen-bond donors (Lipinski definition) is 1. The Morgan fingerprint density at radius 1 is 1.28 bits per heavy atom. The highest BCUT2D eigenvalue weighted by Crippen LogP contribution is 2.08. The van der Waals surface area contributed by atoms with Gasteiger partial charge in [-0.1, -0.05) is 6.07 Å². The second-order valence-corrected chi connectivity index (χ2v) is 3.60. The van der Waals surface area contributed by atoms with E-state index in [9.17, 15) is 9.59 Å². The van der Waals surface area contributed by atoms with Crippen molar-refractivity contribution in [3.63, 3.8) is 0 Å². The van der Waals surface area contributed by atoms with Gasteiger partial charge in [-0.05, 0) is 6.92 Å². The van der Waals surface area contributed by atoms with E-state index in [4.69, 9.17) is 10.5 Å². The van der Waals surface area contributed by atoms with Gasteiger partial charge in [0.2, 0.25) is 5.91 Å². The standard InChI is InChI=1S/C12H16N2O3.ClH/c1-2-17-12(16)10(6-7-11(13)15)14-8-4-3-5-9-14;/h3-5,8-10H,2,6-7H2,1H3,(H-,13,15);1H. The van der Waals surface area contributed by atoms with Gasteiger partial charge in [-0.25, -0.2) is 4.79 Å². The van der Waals surface area contributed by atoms with Crippen molar-refractivity contribution in [2.75, 3.05) is 6.61 Å². The topological polar surface area (TPSA) is 73.3 Å².